The Morgan fingerprint density at radius 2 is 1.86 bits per heavy atom. The number of carbonyl (C=O) groups is 1. The first kappa shape index (κ1) is 20.6. The second kappa shape index (κ2) is 9.87. The molecule has 0 fully saturated rings. The molecule has 154 valence electrons. The van der Waals surface area contributed by atoms with Gasteiger partial charge in [-0.2, -0.15) is 0 Å². The number of rotatable bonds is 10. The van der Waals surface area contributed by atoms with Crippen LogP contribution < -0.4 is 20.9 Å². The fraction of sp³-hybridized carbons (Fsp3) is 0.348. The lowest BCUT2D eigenvalue weighted by molar-refractivity contribution is -0.106. The average Bonchev–Trinajstić information content (AvgIpc) is 3.17. The Balaban J connectivity index is 1.61. The van der Waals surface area contributed by atoms with E-state index in [0.29, 0.717) is 12.4 Å². The molecule has 0 unspecified atom stereocenters. The summed E-state index contributed by atoms with van der Waals surface area (Å²) in [5.74, 6) is 0.787. The standard InChI is InChI=1S/C23H31N5O/c1-4-27(5-2)21-11-9-18(10-12-21)19-7-6-8-20(15-19)25-13-14-28-17-26-23(24-3)22(28)16-29/h6-12,15-16,24-26H,4-5,13-14,17H2,1-3H3. The Morgan fingerprint density at radius 3 is 2.52 bits per heavy atom. The van der Waals surface area contributed by atoms with Gasteiger partial charge in [0, 0.05) is 44.6 Å². The van der Waals surface area contributed by atoms with Crippen LogP contribution in [-0.2, 0) is 4.79 Å². The van der Waals surface area contributed by atoms with Crippen LogP contribution in [0.25, 0.3) is 11.1 Å². The minimum atomic E-state index is 0.644. The lowest BCUT2D eigenvalue weighted by Crippen LogP contribution is -2.29. The highest BCUT2D eigenvalue weighted by atomic mass is 16.1. The highest BCUT2D eigenvalue weighted by Gasteiger charge is 2.20. The topological polar surface area (TPSA) is 59.6 Å². The van der Waals surface area contributed by atoms with E-state index in [1.54, 1.807) is 0 Å². The van der Waals surface area contributed by atoms with Gasteiger partial charge in [0.15, 0.2) is 6.29 Å². The monoisotopic (exact) mass is 393 g/mol. The summed E-state index contributed by atoms with van der Waals surface area (Å²) in [6, 6.07) is 17.2. The van der Waals surface area contributed by atoms with Gasteiger partial charge in [0.05, 0.1) is 6.67 Å². The summed E-state index contributed by atoms with van der Waals surface area (Å²) in [6.45, 7) is 8.52. The van der Waals surface area contributed by atoms with E-state index < -0.39 is 0 Å². The van der Waals surface area contributed by atoms with Gasteiger partial charge in [0.25, 0.3) is 0 Å². The van der Waals surface area contributed by atoms with E-state index in [1.807, 2.05) is 11.9 Å². The summed E-state index contributed by atoms with van der Waals surface area (Å²) in [4.78, 5) is 15.7. The Morgan fingerprint density at radius 1 is 1.10 bits per heavy atom. The van der Waals surface area contributed by atoms with E-state index >= 15 is 0 Å². The molecule has 0 aliphatic carbocycles. The molecule has 6 heteroatoms. The molecule has 2 aromatic rings. The van der Waals surface area contributed by atoms with Crippen LogP contribution in [0, 0.1) is 0 Å². The van der Waals surface area contributed by atoms with Crippen molar-refractivity contribution in [2.75, 3.05) is 50.1 Å². The molecule has 1 aliphatic rings. The summed E-state index contributed by atoms with van der Waals surface area (Å²) in [7, 11) is 1.81. The number of allylic oxidation sites excluding steroid dienone is 1. The fourth-order valence-corrected chi connectivity index (χ4v) is 3.66. The fourth-order valence-electron chi connectivity index (χ4n) is 3.66. The van der Waals surface area contributed by atoms with E-state index in [1.165, 1.54) is 16.8 Å². The maximum Gasteiger partial charge on any atom is 0.169 e. The number of nitrogens with zero attached hydrogens (tertiary/aromatic N) is 2. The van der Waals surface area contributed by atoms with Gasteiger partial charge in [-0.05, 0) is 49.2 Å². The van der Waals surface area contributed by atoms with Gasteiger partial charge in [-0.3, -0.25) is 4.79 Å². The number of aldehydes is 1. The van der Waals surface area contributed by atoms with Crippen molar-refractivity contribution >= 4 is 17.7 Å². The second-order valence-corrected chi connectivity index (χ2v) is 6.95. The third-order valence-electron chi connectivity index (χ3n) is 5.31. The SMILES string of the molecule is CCN(CC)c1ccc(-c2cccc(NCCN3CNC(NC)=C3C=O)c2)cc1. The van der Waals surface area contributed by atoms with Crippen LogP contribution in [0.15, 0.2) is 60.0 Å². The van der Waals surface area contributed by atoms with Gasteiger partial charge in [-0.1, -0.05) is 24.3 Å². The minimum Gasteiger partial charge on any atom is -0.383 e. The largest absolute Gasteiger partial charge is 0.383 e. The first-order chi connectivity index (χ1) is 14.2. The Hall–Kier alpha value is -3.15. The van der Waals surface area contributed by atoms with Crippen molar-refractivity contribution < 1.29 is 4.79 Å². The number of carbonyl (C=O) groups excluding carboxylic acids is 1. The molecule has 3 N–H and O–H groups in total. The van der Waals surface area contributed by atoms with Gasteiger partial charge in [0.2, 0.25) is 0 Å². The maximum atomic E-state index is 11.3. The highest BCUT2D eigenvalue weighted by molar-refractivity contribution is 5.74. The highest BCUT2D eigenvalue weighted by Crippen LogP contribution is 2.25. The first-order valence-electron chi connectivity index (χ1n) is 10.3. The maximum absolute atomic E-state index is 11.3. The lowest BCUT2D eigenvalue weighted by atomic mass is 10.0. The molecular weight excluding hydrogens is 362 g/mol. The van der Waals surface area contributed by atoms with Crippen LogP contribution in [-0.4, -0.2) is 51.1 Å². The van der Waals surface area contributed by atoms with Gasteiger partial charge in [-0.25, -0.2) is 0 Å². The van der Waals surface area contributed by atoms with E-state index in [9.17, 15) is 4.79 Å². The molecule has 0 bridgehead atoms. The Bertz CT molecular complexity index is 843. The molecule has 6 nitrogen and oxygen atoms in total. The minimum absolute atomic E-state index is 0.644. The average molecular weight is 394 g/mol. The molecule has 0 spiro atoms. The van der Waals surface area contributed by atoms with Crippen molar-refractivity contribution in [2.24, 2.45) is 0 Å². The van der Waals surface area contributed by atoms with E-state index in [2.05, 4.69) is 83.2 Å². The molecule has 1 heterocycles. The van der Waals surface area contributed by atoms with Crippen molar-refractivity contribution in [3.05, 3.63) is 60.0 Å². The zero-order valence-electron chi connectivity index (χ0n) is 17.5. The molecule has 0 radical (unpaired) electrons. The first-order valence-corrected chi connectivity index (χ1v) is 10.3. The van der Waals surface area contributed by atoms with Crippen molar-refractivity contribution in [3.8, 4) is 11.1 Å². The lowest BCUT2D eigenvalue weighted by Gasteiger charge is -2.21. The van der Waals surface area contributed by atoms with Crippen LogP contribution in [0.2, 0.25) is 0 Å². The Labute approximate surface area is 173 Å². The molecule has 0 saturated carbocycles. The predicted molar refractivity (Wildman–Crippen MR) is 121 cm³/mol. The third kappa shape index (κ3) is 4.83. The second-order valence-electron chi connectivity index (χ2n) is 6.95. The van der Waals surface area contributed by atoms with Gasteiger partial charge >= 0.3 is 0 Å². The molecule has 0 amide bonds. The van der Waals surface area contributed by atoms with Gasteiger partial charge in [0.1, 0.15) is 11.5 Å². The van der Waals surface area contributed by atoms with Gasteiger partial charge < -0.3 is 25.8 Å². The van der Waals surface area contributed by atoms with Crippen molar-refractivity contribution in [2.45, 2.75) is 13.8 Å². The van der Waals surface area contributed by atoms with Crippen LogP contribution in [0.5, 0.6) is 0 Å². The van der Waals surface area contributed by atoms with Gasteiger partial charge in [-0.15, -0.1) is 0 Å². The normalized spacial score (nSPS) is 13.3. The van der Waals surface area contributed by atoms with Crippen LogP contribution >= 0.6 is 0 Å². The number of anilines is 2. The number of hydrogen-bond donors (Lipinski definition) is 3. The van der Waals surface area contributed by atoms with Crippen molar-refractivity contribution in [1.82, 2.24) is 15.5 Å². The summed E-state index contributed by atoms with van der Waals surface area (Å²) < 4.78 is 0. The quantitative estimate of drug-likeness (QED) is 0.540. The molecule has 1 aliphatic heterocycles. The number of benzene rings is 2. The summed E-state index contributed by atoms with van der Waals surface area (Å²) in [5.41, 5.74) is 5.41. The van der Waals surface area contributed by atoms with E-state index in [4.69, 9.17) is 0 Å². The van der Waals surface area contributed by atoms with Crippen LogP contribution in [0.3, 0.4) is 0 Å². The van der Waals surface area contributed by atoms with Crippen molar-refractivity contribution in [3.63, 3.8) is 0 Å². The third-order valence-corrected chi connectivity index (χ3v) is 5.31. The zero-order chi connectivity index (χ0) is 20.6. The predicted octanol–water partition coefficient (Wildman–Crippen LogP) is 3.06. The molecule has 29 heavy (non-hydrogen) atoms. The zero-order valence-corrected chi connectivity index (χ0v) is 17.5. The molecule has 3 rings (SSSR count). The molecule has 2 aromatic carbocycles. The number of nitrogens with one attached hydrogen (secondary N) is 3. The molecule has 0 saturated heterocycles. The smallest absolute Gasteiger partial charge is 0.169 e. The van der Waals surface area contributed by atoms with E-state index in [0.717, 1.165) is 44.0 Å². The molecular formula is C23H31N5O. The number of hydrogen-bond acceptors (Lipinski definition) is 6. The van der Waals surface area contributed by atoms with E-state index in [-0.39, 0.29) is 0 Å². The van der Waals surface area contributed by atoms with Crippen molar-refractivity contribution in [1.29, 1.82) is 0 Å². The summed E-state index contributed by atoms with van der Waals surface area (Å²) in [6.07, 6.45) is 0.897. The van der Waals surface area contributed by atoms with Crippen LogP contribution in [0.1, 0.15) is 13.8 Å². The summed E-state index contributed by atoms with van der Waals surface area (Å²) >= 11 is 0. The molecule has 0 aromatic heterocycles. The van der Waals surface area contributed by atoms with Crippen LogP contribution in [0.4, 0.5) is 11.4 Å². The summed E-state index contributed by atoms with van der Waals surface area (Å²) in [5, 5.41) is 9.68. The molecule has 0 atom stereocenters. The Kier molecular flexibility index (Phi) is 7.00.